The highest BCUT2D eigenvalue weighted by atomic mass is 16.6. The number of carbonyl (C=O) groups is 1. The van der Waals surface area contributed by atoms with Crippen LogP contribution in [0.2, 0.25) is 0 Å². The number of hydrogen-bond donors (Lipinski definition) is 3. The summed E-state index contributed by atoms with van der Waals surface area (Å²) in [6.45, 7) is 7.43. The van der Waals surface area contributed by atoms with Gasteiger partial charge in [0.15, 0.2) is 0 Å². The quantitative estimate of drug-likeness (QED) is 0.243. The third kappa shape index (κ3) is 4.42. The second-order valence-corrected chi connectivity index (χ2v) is 11.9. The Hall–Kier alpha value is -3.91. The average Bonchev–Trinajstić information content (AvgIpc) is 3.71. The van der Waals surface area contributed by atoms with Crippen LogP contribution in [0, 0.1) is 0 Å². The van der Waals surface area contributed by atoms with Crippen molar-refractivity contribution in [2.24, 2.45) is 0 Å². The maximum atomic E-state index is 12.8. The molecule has 3 N–H and O–H groups in total. The van der Waals surface area contributed by atoms with Gasteiger partial charge in [-0.2, -0.15) is 0 Å². The lowest BCUT2D eigenvalue weighted by atomic mass is 10.0. The number of imidazole rings is 2. The number of nitrogens with zero attached hydrogens (tertiary/aromatic N) is 3. The van der Waals surface area contributed by atoms with Crippen molar-refractivity contribution in [2.45, 2.75) is 64.1 Å². The van der Waals surface area contributed by atoms with Gasteiger partial charge in [0.05, 0.1) is 34.2 Å². The molecule has 8 heteroatoms. The Morgan fingerprint density at radius 3 is 2.56 bits per heavy atom. The second kappa shape index (κ2) is 9.09. The largest absolute Gasteiger partial charge is 0.444 e. The third-order valence-electron chi connectivity index (χ3n) is 7.91. The maximum Gasteiger partial charge on any atom is 0.410 e. The number of aromatic nitrogens is 4. The van der Waals surface area contributed by atoms with Crippen LogP contribution in [0.15, 0.2) is 48.5 Å². The van der Waals surface area contributed by atoms with E-state index in [0.29, 0.717) is 12.6 Å². The molecule has 4 heterocycles. The molecule has 2 aliphatic rings. The summed E-state index contributed by atoms with van der Waals surface area (Å²) in [6.07, 6.45) is 3.85. The smallest absolute Gasteiger partial charge is 0.410 e. The lowest BCUT2D eigenvalue weighted by Gasteiger charge is -2.27. The van der Waals surface area contributed by atoms with E-state index in [9.17, 15) is 4.79 Å². The average molecular weight is 523 g/mol. The van der Waals surface area contributed by atoms with Crippen molar-refractivity contribution < 1.29 is 9.53 Å². The Morgan fingerprint density at radius 1 is 0.923 bits per heavy atom. The number of nitrogens with one attached hydrogen (secondary N) is 3. The molecule has 2 aromatic heterocycles. The summed E-state index contributed by atoms with van der Waals surface area (Å²) in [5.74, 6) is 1.85. The molecule has 2 aliphatic heterocycles. The van der Waals surface area contributed by atoms with E-state index in [0.717, 1.165) is 81.4 Å². The molecule has 200 valence electrons. The number of fused-ring (bicyclic) bond motifs is 4. The van der Waals surface area contributed by atoms with E-state index in [-0.39, 0.29) is 12.1 Å². The summed E-state index contributed by atoms with van der Waals surface area (Å²) >= 11 is 0. The van der Waals surface area contributed by atoms with E-state index in [2.05, 4.69) is 63.8 Å². The number of amides is 1. The van der Waals surface area contributed by atoms with Gasteiger partial charge >= 0.3 is 6.09 Å². The van der Waals surface area contributed by atoms with Gasteiger partial charge in [0.1, 0.15) is 17.2 Å². The van der Waals surface area contributed by atoms with Crippen LogP contribution in [0.1, 0.15) is 70.2 Å². The van der Waals surface area contributed by atoms with Crippen molar-refractivity contribution in [2.75, 3.05) is 13.1 Å². The fourth-order valence-corrected chi connectivity index (χ4v) is 6.04. The lowest BCUT2D eigenvalue weighted by Crippen LogP contribution is -2.36. The molecule has 0 radical (unpaired) electrons. The molecule has 0 bridgehead atoms. The van der Waals surface area contributed by atoms with E-state index in [1.807, 2.05) is 25.7 Å². The molecule has 2 atom stereocenters. The summed E-state index contributed by atoms with van der Waals surface area (Å²) in [4.78, 5) is 31.5. The standard InChI is InChI=1S/C31H34N6O2/c1-31(2,3)39-30(38)37-15-5-7-26(37)29-34-23-13-10-20-16-18(8-11-21(20)27(23)36-29)19-9-12-22-25(17-19)35-28(33-22)24-6-4-14-32-24/h8-13,16-17,24,26,32H,4-7,14-15H2,1-3H3,(H,33,35)(H,34,36)/t24-,26-/m0/s1. The molecule has 7 rings (SSSR count). The fourth-order valence-electron chi connectivity index (χ4n) is 6.04. The molecule has 1 amide bonds. The number of rotatable bonds is 3. The summed E-state index contributed by atoms with van der Waals surface area (Å²) in [5.41, 5.74) is 5.76. The summed E-state index contributed by atoms with van der Waals surface area (Å²) < 4.78 is 5.66. The van der Waals surface area contributed by atoms with Gasteiger partial charge in [-0.25, -0.2) is 14.8 Å². The first-order valence-corrected chi connectivity index (χ1v) is 14.0. The van der Waals surface area contributed by atoms with Crippen molar-refractivity contribution in [3.8, 4) is 11.1 Å². The molecule has 0 spiro atoms. The highest BCUT2D eigenvalue weighted by molar-refractivity contribution is 6.05. The Morgan fingerprint density at radius 2 is 1.74 bits per heavy atom. The zero-order valence-electron chi connectivity index (χ0n) is 22.7. The SMILES string of the molecule is CC(C)(C)OC(=O)N1CCC[C@H]1c1nc2c(ccc3cc(-c4ccc5nc([C@@H]6CCCN6)[nH]c5c4)ccc32)[nH]1. The normalized spacial score (nSPS) is 20.0. The van der Waals surface area contributed by atoms with Gasteiger partial charge < -0.3 is 20.0 Å². The van der Waals surface area contributed by atoms with Gasteiger partial charge in [-0.05, 0) is 93.8 Å². The first-order chi connectivity index (χ1) is 18.8. The van der Waals surface area contributed by atoms with Gasteiger partial charge in [0, 0.05) is 11.9 Å². The van der Waals surface area contributed by atoms with Crippen LogP contribution in [0.25, 0.3) is 44.0 Å². The van der Waals surface area contributed by atoms with Crippen molar-refractivity contribution in [1.82, 2.24) is 30.2 Å². The van der Waals surface area contributed by atoms with Gasteiger partial charge in [-0.15, -0.1) is 0 Å². The molecular formula is C31H34N6O2. The van der Waals surface area contributed by atoms with E-state index in [4.69, 9.17) is 14.7 Å². The van der Waals surface area contributed by atoms with Crippen molar-refractivity contribution >= 4 is 38.9 Å². The van der Waals surface area contributed by atoms with Crippen LogP contribution in [0.3, 0.4) is 0 Å². The van der Waals surface area contributed by atoms with Crippen LogP contribution < -0.4 is 5.32 Å². The predicted octanol–water partition coefficient (Wildman–Crippen LogP) is 6.76. The molecule has 2 fully saturated rings. The van der Waals surface area contributed by atoms with Crippen LogP contribution in [-0.2, 0) is 4.74 Å². The first-order valence-electron chi connectivity index (χ1n) is 14.0. The van der Waals surface area contributed by atoms with Crippen LogP contribution in [0.5, 0.6) is 0 Å². The second-order valence-electron chi connectivity index (χ2n) is 11.9. The molecule has 8 nitrogen and oxygen atoms in total. The van der Waals surface area contributed by atoms with Gasteiger partial charge in [-0.3, -0.25) is 4.90 Å². The Kier molecular flexibility index (Phi) is 5.63. The van der Waals surface area contributed by atoms with Gasteiger partial charge in [0.25, 0.3) is 0 Å². The molecular weight excluding hydrogens is 488 g/mol. The monoisotopic (exact) mass is 522 g/mol. The highest BCUT2D eigenvalue weighted by Gasteiger charge is 2.35. The molecule has 5 aromatic rings. The van der Waals surface area contributed by atoms with Crippen LogP contribution in [0.4, 0.5) is 4.79 Å². The number of ether oxygens (including phenoxy) is 1. The van der Waals surface area contributed by atoms with Crippen LogP contribution in [-0.4, -0.2) is 49.6 Å². The molecule has 0 saturated carbocycles. The van der Waals surface area contributed by atoms with Crippen molar-refractivity contribution in [3.63, 3.8) is 0 Å². The first kappa shape index (κ1) is 24.2. The minimum Gasteiger partial charge on any atom is -0.444 e. The predicted molar refractivity (Wildman–Crippen MR) is 154 cm³/mol. The molecule has 0 unspecified atom stereocenters. The zero-order chi connectivity index (χ0) is 26.7. The minimum absolute atomic E-state index is 0.105. The highest BCUT2D eigenvalue weighted by Crippen LogP contribution is 2.35. The number of benzene rings is 3. The fraction of sp³-hybridized carbons (Fsp3) is 0.387. The lowest BCUT2D eigenvalue weighted by molar-refractivity contribution is 0.0219. The Bertz CT molecular complexity index is 1710. The molecule has 0 aliphatic carbocycles. The zero-order valence-corrected chi connectivity index (χ0v) is 22.7. The summed E-state index contributed by atoms with van der Waals surface area (Å²) in [5, 5.41) is 5.75. The van der Waals surface area contributed by atoms with E-state index >= 15 is 0 Å². The summed E-state index contributed by atoms with van der Waals surface area (Å²) in [6, 6.07) is 17.4. The number of hydrogen-bond acceptors (Lipinski definition) is 5. The van der Waals surface area contributed by atoms with E-state index < -0.39 is 5.60 Å². The number of likely N-dealkylation sites (tertiary alicyclic amines) is 1. The third-order valence-corrected chi connectivity index (χ3v) is 7.91. The minimum atomic E-state index is -0.524. The number of aromatic amines is 2. The Labute approximate surface area is 227 Å². The molecule has 39 heavy (non-hydrogen) atoms. The van der Waals surface area contributed by atoms with Gasteiger partial charge in [0.2, 0.25) is 0 Å². The van der Waals surface area contributed by atoms with E-state index in [1.165, 1.54) is 6.42 Å². The number of carbonyl (C=O) groups excluding carboxylic acids is 1. The molecule has 3 aromatic carbocycles. The van der Waals surface area contributed by atoms with E-state index in [1.54, 1.807) is 0 Å². The van der Waals surface area contributed by atoms with Crippen LogP contribution >= 0.6 is 0 Å². The molecule has 2 saturated heterocycles. The topological polar surface area (TPSA) is 98.9 Å². The number of H-pyrrole nitrogens is 2. The van der Waals surface area contributed by atoms with Gasteiger partial charge in [-0.1, -0.05) is 24.3 Å². The van der Waals surface area contributed by atoms with Crippen molar-refractivity contribution in [3.05, 3.63) is 60.2 Å². The van der Waals surface area contributed by atoms with Crippen molar-refractivity contribution in [1.29, 1.82) is 0 Å². The Balaban J connectivity index is 1.20. The summed E-state index contributed by atoms with van der Waals surface area (Å²) in [7, 11) is 0. The maximum absolute atomic E-state index is 12.8.